The molecule has 8 nitrogen and oxygen atoms in total. The van der Waals surface area contributed by atoms with Gasteiger partial charge in [-0.1, -0.05) is 19.8 Å². The number of hydrogen-bond donors (Lipinski definition) is 2. The Balaban J connectivity index is 1.79. The van der Waals surface area contributed by atoms with Gasteiger partial charge in [0.1, 0.15) is 12.4 Å². The van der Waals surface area contributed by atoms with Crippen LogP contribution in [0, 0.1) is 5.82 Å². The van der Waals surface area contributed by atoms with Crippen molar-refractivity contribution in [1.82, 2.24) is 20.2 Å². The average Bonchev–Trinajstić information content (AvgIpc) is 3.14. The van der Waals surface area contributed by atoms with Crippen molar-refractivity contribution >= 4 is 22.5 Å². The largest absolute Gasteiger partial charge is 0.494 e. The fourth-order valence-corrected chi connectivity index (χ4v) is 4.96. The topological polar surface area (TPSA) is 88.5 Å². The van der Waals surface area contributed by atoms with Gasteiger partial charge in [0.05, 0.1) is 18.0 Å². The van der Waals surface area contributed by atoms with Crippen molar-refractivity contribution in [2.24, 2.45) is 0 Å². The molecule has 2 N–H and O–H groups in total. The molecule has 1 amide bonds. The molecule has 0 aliphatic carbocycles. The number of methoxy groups -OCH3 is 1. The Hall–Kier alpha value is -3.46. The summed E-state index contributed by atoms with van der Waals surface area (Å²) in [6, 6.07) is 10.4. The summed E-state index contributed by atoms with van der Waals surface area (Å²) in [5, 5.41) is 6.94. The number of unbranched alkanes of at least 4 members (excludes halogenated alkanes) is 1. The number of aromatic nitrogens is 2. The van der Waals surface area contributed by atoms with Gasteiger partial charge in [-0.3, -0.25) is 14.2 Å². The summed E-state index contributed by atoms with van der Waals surface area (Å²) in [5.41, 5.74) is 1.66. The van der Waals surface area contributed by atoms with E-state index in [1.165, 1.54) is 36.3 Å². The highest BCUT2D eigenvalue weighted by Gasteiger charge is 2.21. The van der Waals surface area contributed by atoms with Crippen LogP contribution in [0.1, 0.15) is 46.5 Å². The van der Waals surface area contributed by atoms with Crippen LogP contribution >= 0.6 is 0 Å². The zero-order valence-electron chi connectivity index (χ0n) is 22.7. The number of carbonyl (C=O) groups is 1. The molecule has 1 aromatic heterocycles. The standard InChI is InChI=1S/C29H38FN5O3/c1-5-6-8-21-17-34(14-7-13-31-21)22-10-12-25-23(16-22)29(37)35(18-27(36)32-19(2)3)28(33-25)20-9-11-24(30)26(15-20)38-4/h9-12,15-16,19,21,31H,5-8,13-14,17-18H2,1-4H3,(H,32,36). The van der Waals surface area contributed by atoms with Crippen LogP contribution < -0.4 is 25.8 Å². The lowest BCUT2D eigenvalue weighted by Gasteiger charge is -2.27. The van der Waals surface area contributed by atoms with Crippen molar-refractivity contribution in [3.8, 4) is 17.1 Å². The normalized spacial score (nSPS) is 16.1. The fraction of sp³-hybridized carbons (Fsp3) is 0.483. The minimum absolute atomic E-state index is 0.0396. The van der Waals surface area contributed by atoms with Crippen LogP contribution in [0.2, 0.25) is 0 Å². The Morgan fingerprint density at radius 1 is 1.26 bits per heavy atom. The van der Waals surface area contributed by atoms with Gasteiger partial charge in [-0.15, -0.1) is 0 Å². The molecule has 0 radical (unpaired) electrons. The van der Waals surface area contributed by atoms with Crippen molar-refractivity contribution in [1.29, 1.82) is 0 Å². The van der Waals surface area contributed by atoms with Crippen molar-refractivity contribution < 1.29 is 13.9 Å². The van der Waals surface area contributed by atoms with E-state index in [4.69, 9.17) is 9.72 Å². The van der Waals surface area contributed by atoms with E-state index < -0.39 is 5.82 Å². The van der Waals surface area contributed by atoms with Gasteiger partial charge in [0.25, 0.3) is 5.56 Å². The molecule has 204 valence electrons. The number of hydrogen-bond acceptors (Lipinski definition) is 6. The zero-order valence-corrected chi connectivity index (χ0v) is 22.7. The van der Waals surface area contributed by atoms with Crippen LogP contribution in [-0.4, -0.2) is 54.3 Å². The van der Waals surface area contributed by atoms with E-state index in [1.54, 1.807) is 0 Å². The summed E-state index contributed by atoms with van der Waals surface area (Å²) in [4.78, 5) is 33.7. The number of halogens is 1. The molecule has 3 aromatic rings. The third kappa shape index (κ3) is 6.32. The summed E-state index contributed by atoms with van der Waals surface area (Å²) in [7, 11) is 1.38. The number of anilines is 1. The van der Waals surface area contributed by atoms with Gasteiger partial charge in [-0.2, -0.15) is 0 Å². The number of rotatable bonds is 9. The van der Waals surface area contributed by atoms with Crippen LogP contribution in [-0.2, 0) is 11.3 Å². The first-order valence-corrected chi connectivity index (χ1v) is 13.5. The van der Waals surface area contributed by atoms with E-state index in [0.717, 1.165) is 44.6 Å². The predicted octanol–water partition coefficient (Wildman–Crippen LogP) is 4.09. The predicted molar refractivity (Wildman–Crippen MR) is 149 cm³/mol. The number of fused-ring (bicyclic) bond motifs is 1. The third-order valence-corrected chi connectivity index (χ3v) is 6.85. The molecule has 0 saturated carbocycles. The molecule has 0 bridgehead atoms. The Morgan fingerprint density at radius 3 is 2.82 bits per heavy atom. The summed E-state index contributed by atoms with van der Waals surface area (Å²) in [6.45, 7) is 8.47. The van der Waals surface area contributed by atoms with Crippen molar-refractivity contribution in [2.45, 2.75) is 65.1 Å². The number of nitrogens with one attached hydrogen (secondary N) is 2. The maximum atomic E-state index is 14.1. The monoisotopic (exact) mass is 523 g/mol. The second-order valence-corrected chi connectivity index (χ2v) is 10.2. The summed E-state index contributed by atoms with van der Waals surface area (Å²) < 4.78 is 20.6. The number of ether oxygens (including phenoxy) is 1. The molecule has 2 aromatic carbocycles. The Morgan fingerprint density at radius 2 is 2.08 bits per heavy atom. The highest BCUT2D eigenvalue weighted by molar-refractivity contribution is 5.85. The van der Waals surface area contributed by atoms with Gasteiger partial charge < -0.3 is 20.3 Å². The van der Waals surface area contributed by atoms with Gasteiger partial charge in [-0.25, -0.2) is 9.37 Å². The Labute approximate surface area is 223 Å². The lowest BCUT2D eigenvalue weighted by Crippen LogP contribution is -2.38. The fourth-order valence-electron chi connectivity index (χ4n) is 4.96. The van der Waals surface area contributed by atoms with E-state index in [0.29, 0.717) is 22.5 Å². The molecular weight excluding hydrogens is 485 g/mol. The van der Waals surface area contributed by atoms with Gasteiger partial charge in [0.2, 0.25) is 5.91 Å². The molecule has 1 fully saturated rings. The van der Waals surface area contributed by atoms with E-state index in [-0.39, 0.29) is 35.6 Å². The second kappa shape index (κ2) is 12.4. The molecule has 9 heteroatoms. The van der Waals surface area contributed by atoms with Gasteiger partial charge in [-0.05, 0) is 69.6 Å². The molecule has 1 aliphatic rings. The smallest absolute Gasteiger partial charge is 0.262 e. The molecule has 1 aliphatic heterocycles. The van der Waals surface area contributed by atoms with Crippen molar-refractivity contribution in [3.63, 3.8) is 0 Å². The number of amides is 1. The maximum absolute atomic E-state index is 14.1. The minimum atomic E-state index is -0.516. The second-order valence-electron chi connectivity index (χ2n) is 10.2. The molecule has 1 saturated heterocycles. The molecule has 38 heavy (non-hydrogen) atoms. The van der Waals surface area contributed by atoms with Crippen molar-refractivity contribution in [2.75, 3.05) is 31.6 Å². The number of carbonyl (C=O) groups excluding carboxylic acids is 1. The van der Waals surface area contributed by atoms with Crippen LogP contribution in [0.3, 0.4) is 0 Å². The molecule has 1 atom stereocenters. The van der Waals surface area contributed by atoms with Gasteiger partial charge >= 0.3 is 0 Å². The van der Waals surface area contributed by atoms with Crippen LogP contribution in [0.5, 0.6) is 5.75 Å². The van der Waals surface area contributed by atoms with E-state index in [9.17, 15) is 14.0 Å². The summed E-state index contributed by atoms with van der Waals surface area (Å²) >= 11 is 0. The Bertz CT molecular complexity index is 1340. The lowest BCUT2D eigenvalue weighted by atomic mass is 10.1. The van der Waals surface area contributed by atoms with E-state index in [1.807, 2.05) is 32.0 Å². The Kier molecular flexibility index (Phi) is 8.99. The molecule has 1 unspecified atom stereocenters. The zero-order chi connectivity index (χ0) is 27.2. The maximum Gasteiger partial charge on any atom is 0.262 e. The summed E-state index contributed by atoms with van der Waals surface area (Å²) in [5.74, 6) is -0.492. The third-order valence-electron chi connectivity index (χ3n) is 6.85. The molecule has 4 rings (SSSR count). The highest BCUT2D eigenvalue weighted by Crippen LogP contribution is 2.27. The highest BCUT2D eigenvalue weighted by atomic mass is 19.1. The first-order chi connectivity index (χ1) is 18.3. The SMILES string of the molecule is CCCCC1CN(c2ccc3nc(-c4ccc(F)c(OC)c4)n(CC(=O)NC(C)C)c(=O)c3c2)CCCN1. The van der Waals surface area contributed by atoms with Crippen molar-refractivity contribution in [3.05, 3.63) is 52.6 Å². The number of benzene rings is 2. The first kappa shape index (κ1) is 27.6. The van der Waals surface area contributed by atoms with Gasteiger partial charge in [0.15, 0.2) is 11.6 Å². The van der Waals surface area contributed by atoms with Crippen LogP contribution in [0.4, 0.5) is 10.1 Å². The molecular formula is C29H38FN5O3. The molecule has 0 spiro atoms. The average molecular weight is 524 g/mol. The number of nitrogens with zero attached hydrogens (tertiary/aromatic N) is 3. The van der Waals surface area contributed by atoms with E-state index in [2.05, 4.69) is 22.5 Å². The summed E-state index contributed by atoms with van der Waals surface area (Å²) in [6.07, 6.45) is 4.47. The lowest BCUT2D eigenvalue weighted by molar-refractivity contribution is -0.122. The minimum Gasteiger partial charge on any atom is -0.494 e. The van der Waals surface area contributed by atoms with Crippen LogP contribution in [0.25, 0.3) is 22.3 Å². The van der Waals surface area contributed by atoms with Gasteiger partial charge in [0, 0.05) is 36.4 Å². The van der Waals surface area contributed by atoms with Crippen LogP contribution in [0.15, 0.2) is 41.2 Å². The quantitative estimate of drug-likeness (QED) is 0.439. The molecule has 2 heterocycles. The van der Waals surface area contributed by atoms with E-state index >= 15 is 0 Å². The first-order valence-electron chi connectivity index (χ1n) is 13.5.